The number of hydrogen-bond donors (Lipinski definition) is 2. The van der Waals surface area contributed by atoms with Crippen molar-refractivity contribution >= 4 is 29.0 Å². The maximum absolute atomic E-state index is 13.3. The zero-order valence-electron chi connectivity index (χ0n) is 18.9. The first-order valence-electron chi connectivity index (χ1n) is 11.0. The van der Waals surface area contributed by atoms with Crippen LogP contribution < -0.4 is 10.6 Å². The Bertz CT molecular complexity index is 1140. The maximum Gasteiger partial charge on any atom is 0.278 e. The van der Waals surface area contributed by atoms with Crippen LogP contribution in [0, 0.1) is 0 Å². The van der Waals surface area contributed by atoms with E-state index in [1.54, 1.807) is 37.6 Å². The molecule has 0 aromatic carbocycles. The molecule has 33 heavy (non-hydrogen) atoms. The van der Waals surface area contributed by atoms with E-state index < -0.39 is 5.91 Å². The standard InChI is InChI=1S/C22H27N9O2/c1-4-5-8-30(2)22(33)19-17(12-26-31(19)3)29-21(32)18-20(27-15-9-23-13-24-10-15)25-11-16(28-18)14-6-7-14/h9-14H,4-8H2,1-3H3,(H,25,27)(H,29,32). The lowest BCUT2D eigenvalue weighted by molar-refractivity contribution is 0.0783. The number of carbonyl (C=O) groups excluding carboxylic acids is 2. The number of carbonyl (C=O) groups is 2. The molecule has 2 N–H and O–H groups in total. The van der Waals surface area contributed by atoms with Crippen molar-refractivity contribution in [1.29, 1.82) is 0 Å². The molecule has 172 valence electrons. The van der Waals surface area contributed by atoms with Crippen LogP contribution in [0.15, 0.2) is 31.1 Å². The highest BCUT2D eigenvalue weighted by atomic mass is 16.2. The molecule has 11 nitrogen and oxygen atoms in total. The summed E-state index contributed by atoms with van der Waals surface area (Å²) < 4.78 is 1.47. The van der Waals surface area contributed by atoms with Gasteiger partial charge in [-0.05, 0) is 19.3 Å². The third-order valence-electron chi connectivity index (χ3n) is 5.41. The zero-order valence-corrected chi connectivity index (χ0v) is 18.9. The average Bonchev–Trinajstić information content (AvgIpc) is 3.61. The number of hydrogen-bond acceptors (Lipinski definition) is 8. The summed E-state index contributed by atoms with van der Waals surface area (Å²) >= 11 is 0. The van der Waals surface area contributed by atoms with Crippen molar-refractivity contribution in [3.8, 4) is 0 Å². The fourth-order valence-corrected chi connectivity index (χ4v) is 3.37. The molecule has 0 unspecified atom stereocenters. The highest BCUT2D eigenvalue weighted by Crippen LogP contribution is 2.39. The third-order valence-corrected chi connectivity index (χ3v) is 5.41. The van der Waals surface area contributed by atoms with E-state index in [1.165, 1.54) is 17.2 Å². The number of amides is 2. The van der Waals surface area contributed by atoms with Crippen LogP contribution in [0.5, 0.6) is 0 Å². The molecule has 0 aliphatic heterocycles. The topological polar surface area (TPSA) is 131 Å². The van der Waals surface area contributed by atoms with Crippen LogP contribution in [0.1, 0.15) is 65.2 Å². The van der Waals surface area contributed by atoms with Gasteiger partial charge in [0.15, 0.2) is 11.5 Å². The molecular weight excluding hydrogens is 422 g/mol. The number of anilines is 3. The van der Waals surface area contributed by atoms with Crippen LogP contribution in [0.2, 0.25) is 0 Å². The van der Waals surface area contributed by atoms with E-state index >= 15 is 0 Å². The fraction of sp³-hybridized carbons (Fsp3) is 0.409. The molecule has 3 aromatic heterocycles. The molecule has 11 heteroatoms. The predicted octanol–water partition coefficient (Wildman–Crippen LogP) is 2.75. The molecule has 1 saturated carbocycles. The Morgan fingerprint density at radius 3 is 2.64 bits per heavy atom. The zero-order chi connectivity index (χ0) is 23.4. The molecule has 0 bridgehead atoms. The van der Waals surface area contributed by atoms with Gasteiger partial charge in [-0.25, -0.2) is 19.9 Å². The molecule has 1 fully saturated rings. The lowest BCUT2D eigenvalue weighted by atomic mass is 10.2. The Labute approximate surface area is 191 Å². The van der Waals surface area contributed by atoms with Gasteiger partial charge in [0.2, 0.25) is 0 Å². The molecule has 0 saturated heterocycles. The molecule has 3 heterocycles. The first-order valence-corrected chi connectivity index (χ1v) is 11.0. The van der Waals surface area contributed by atoms with Crippen molar-refractivity contribution in [3.05, 3.63) is 48.2 Å². The number of rotatable bonds is 9. The number of nitrogens with zero attached hydrogens (tertiary/aromatic N) is 7. The van der Waals surface area contributed by atoms with E-state index in [0.717, 1.165) is 31.4 Å². The molecular formula is C22H27N9O2. The summed E-state index contributed by atoms with van der Waals surface area (Å²) in [6.07, 6.45) is 11.6. The predicted molar refractivity (Wildman–Crippen MR) is 122 cm³/mol. The van der Waals surface area contributed by atoms with Crippen molar-refractivity contribution in [1.82, 2.24) is 34.6 Å². The maximum atomic E-state index is 13.3. The Kier molecular flexibility index (Phi) is 6.57. The van der Waals surface area contributed by atoms with Crippen molar-refractivity contribution in [3.63, 3.8) is 0 Å². The van der Waals surface area contributed by atoms with Crippen LogP contribution in [-0.4, -0.2) is 60.0 Å². The van der Waals surface area contributed by atoms with E-state index in [2.05, 4.69) is 42.6 Å². The summed E-state index contributed by atoms with van der Waals surface area (Å²) in [5.74, 6) is -0.0941. The molecule has 0 atom stereocenters. The summed E-state index contributed by atoms with van der Waals surface area (Å²) in [5.41, 5.74) is 2.11. The van der Waals surface area contributed by atoms with Crippen LogP contribution >= 0.6 is 0 Å². The second-order valence-corrected chi connectivity index (χ2v) is 8.08. The Hall–Kier alpha value is -3.89. The van der Waals surface area contributed by atoms with E-state index in [9.17, 15) is 9.59 Å². The quantitative estimate of drug-likeness (QED) is 0.510. The highest BCUT2D eigenvalue weighted by Gasteiger charge is 2.29. The number of aromatic nitrogens is 6. The van der Waals surface area contributed by atoms with Gasteiger partial charge in [0, 0.05) is 26.6 Å². The van der Waals surface area contributed by atoms with Gasteiger partial charge in [-0.15, -0.1) is 0 Å². The molecule has 2 amide bonds. The van der Waals surface area contributed by atoms with Crippen LogP contribution in [0.25, 0.3) is 0 Å². The Morgan fingerprint density at radius 1 is 1.18 bits per heavy atom. The van der Waals surface area contributed by atoms with Gasteiger partial charge in [-0.3, -0.25) is 14.3 Å². The Balaban J connectivity index is 1.61. The minimum Gasteiger partial charge on any atom is -0.340 e. The van der Waals surface area contributed by atoms with Crippen molar-refractivity contribution in [2.24, 2.45) is 7.05 Å². The first kappa shape index (κ1) is 22.3. The van der Waals surface area contributed by atoms with Crippen molar-refractivity contribution in [2.45, 2.75) is 38.5 Å². The second-order valence-electron chi connectivity index (χ2n) is 8.08. The largest absolute Gasteiger partial charge is 0.340 e. The minimum absolute atomic E-state index is 0.129. The van der Waals surface area contributed by atoms with E-state index in [1.807, 2.05) is 0 Å². The molecule has 1 aliphatic carbocycles. The van der Waals surface area contributed by atoms with Gasteiger partial charge in [0.05, 0.1) is 41.9 Å². The normalized spacial score (nSPS) is 12.9. The van der Waals surface area contributed by atoms with Gasteiger partial charge in [0.25, 0.3) is 11.8 Å². The summed E-state index contributed by atoms with van der Waals surface area (Å²) in [5, 5.41) is 10.0. The monoisotopic (exact) mass is 449 g/mol. The van der Waals surface area contributed by atoms with Gasteiger partial charge < -0.3 is 15.5 Å². The first-order chi connectivity index (χ1) is 16.0. The number of nitrogens with one attached hydrogen (secondary N) is 2. The average molecular weight is 450 g/mol. The summed E-state index contributed by atoms with van der Waals surface area (Å²) in [6, 6.07) is 0. The molecule has 1 aliphatic rings. The summed E-state index contributed by atoms with van der Waals surface area (Å²) in [7, 11) is 3.41. The van der Waals surface area contributed by atoms with Crippen molar-refractivity contribution in [2.75, 3.05) is 24.2 Å². The second kappa shape index (κ2) is 9.72. The molecule has 0 radical (unpaired) electrons. The highest BCUT2D eigenvalue weighted by molar-refractivity contribution is 6.09. The van der Waals surface area contributed by atoms with E-state index in [-0.39, 0.29) is 17.4 Å². The third kappa shape index (κ3) is 5.13. The van der Waals surface area contributed by atoms with Crippen LogP contribution in [0.4, 0.5) is 17.2 Å². The molecule has 4 rings (SSSR count). The van der Waals surface area contributed by atoms with Gasteiger partial charge in [-0.2, -0.15) is 5.10 Å². The van der Waals surface area contributed by atoms with Gasteiger partial charge in [0.1, 0.15) is 12.0 Å². The molecule has 0 spiro atoms. The summed E-state index contributed by atoms with van der Waals surface area (Å²) in [6.45, 7) is 2.69. The Morgan fingerprint density at radius 2 is 1.94 bits per heavy atom. The van der Waals surface area contributed by atoms with Crippen molar-refractivity contribution < 1.29 is 9.59 Å². The van der Waals surface area contributed by atoms with Crippen LogP contribution in [-0.2, 0) is 7.05 Å². The minimum atomic E-state index is -0.484. The molecule has 3 aromatic rings. The van der Waals surface area contributed by atoms with Gasteiger partial charge >= 0.3 is 0 Å². The fourth-order valence-electron chi connectivity index (χ4n) is 3.37. The van der Waals surface area contributed by atoms with E-state index in [4.69, 9.17) is 0 Å². The number of aryl methyl sites for hydroxylation is 1. The van der Waals surface area contributed by atoms with Gasteiger partial charge in [-0.1, -0.05) is 13.3 Å². The lowest BCUT2D eigenvalue weighted by Gasteiger charge is -2.18. The smallest absolute Gasteiger partial charge is 0.278 e. The van der Waals surface area contributed by atoms with Crippen LogP contribution in [0.3, 0.4) is 0 Å². The van der Waals surface area contributed by atoms with E-state index in [0.29, 0.717) is 29.5 Å². The summed E-state index contributed by atoms with van der Waals surface area (Å²) in [4.78, 5) is 44.9. The lowest BCUT2D eigenvalue weighted by Crippen LogP contribution is -2.30. The number of unbranched alkanes of at least 4 members (excludes halogenated alkanes) is 1. The SMILES string of the molecule is CCCCN(C)C(=O)c1c(NC(=O)c2nc(C3CC3)cnc2Nc2cncnc2)cnn1C.